The molecule has 0 heterocycles. The molecule has 0 aliphatic rings. The summed E-state index contributed by atoms with van der Waals surface area (Å²) in [6.07, 6.45) is 2.81. The van der Waals surface area contributed by atoms with Crippen LogP contribution in [0.3, 0.4) is 0 Å². The van der Waals surface area contributed by atoms with E-state index in [4.69, 9.17) is 23.2 Å². The van der Waals surface area contributed by atoms with Crippen molar-refractivity contribution in [3.8, 4) is 0 Å². The van der Waals surface area contributed by atoms with Gasteiger partial charge in [-0.15, -0.1) is 23.2 Å². The molecule has 0 amide bonds. The van der Waals surface area contributed by atoms with E-state index in [1.54, 1.807) is 24.3 Å². The maximum absolute atomic E-state index is 13.1. The minimum Gasteiger partial charge on any atom is -0.218 e. The fourth-order valence-corrected chi connectivity index (χ4v) is 4.63. The number of hydrogen-bond acceptors (Lipinski definition) is 2. The fourth-order valence-electron chi connectivity index (χ4n) is 2.58. The number of halogens is 2. The second-order valence-electron chi connectivity index (χ2n) is 5.30. The summed E-state index contributed by atoms with van der Waals surface area (Å²) in [4.78, 5) is 0.756. The fraction of sp³-hybridized carbons (Fsp3) is 0.333. The van der Waals surface area contributed by atoms with E-state index in [9.17, 15) is 8.42 Å². The summed E-state index contributed by atoms with van der Waals surface area (Å²) in [6.45, 7) is 0. The Morgan fingerprint density at radius 1 is 0.696 bits per heavy atom. The normalized spacial score (nSPS) is 11.6. The summed E-state index contributed by atoms with van der Waals surface area (Å²) >= 11 is 11.5. The quantitative estimate of drug-likeness (QED) is 0.621. The summed E-state index contributed by atoms with van der Waals surface area (Å²) in [7, 11) is -3.55. The van der Waals surface area contributed by atoms with Gasteiger partial charge < -0.3 is 0 Å². The molecule has 0 N–H and O–H groups in total. The van der Waals surface area contributed by atoms with Gasteiger partial charge in [0.15, 0.2) is 0 Å². The van der Waals surface area contributed by atoms with Gasteiger partial charge >= 0.3 is 0 Å². The van der Waals surface area contributed by atoms with Crippen LogP contribution in [-0.4, -0.2) is 20.2 Å². The molecule has 0 saturated heterocycles. The molecule has 23 heavy (non-hydrogen) atoms. The van der Waals surface area contributed by atoms with Crippen LogP contribution in [0.2, 0.25) is 0 Å². The zero-order chi connectivity index (χ0) is 16.7. The van der Waals surface area contributed by atoms with Gasteiger partial charge in [0.1, 0.15) is 0 Å². The monoisotopic (exact) mass is 370 g/mol. The van der Waals surface area contributed by atoms with Gasteiger partial charge in [0.25, 0.3) is 0 Å². The lowest BCUT2D eigenvalue weighted by atomic mass is 10.1. The highest BCUT2D eigenvalue weighted by molar-refractivity contribution is 7.91. The standard InChI is InChI=1S/C18H20Cl2O2S/c19-13-5-9-15-7-1-3-11-17(15)23(21,22)18-12-4-2-8-16(18)10-6-14-20/h1-4,7-8,11-12H,5-6,9-10,13-14H2. The first-order valence-corrected chi connectivity index (χ1v) is 10.2. The van der Waals surface area contributed by atoms with Crippen LogP contribution in [0, 0.1) is 0 Å². The van der Waals surface area contributed by atoms with Gasteiger partial charge in [0, 0.05) is 11.8 Å². The Kier molecular flexibility index (Phi) is 6.94. The van der Waals surface area contributed by atoms with E-state index >= 15 is 0 Å². The zero-order valence-electron chi connectivity index (χ0n) is 12.8. The lowest BCUT2D eigenvalue weighted by molar-refractivity contribution is 0.593. The van der Waals surface area contributed by atoms with Crippen molar-refractivity contribution in [3.63, 3.8) is 0 Å². The summed E-state index contributed by atoms with van der Waals surface area (Å²) in [5, 5.41) is 0. The molecular weight excluding hydrogens is 351 g/mol. The van der Waals surface area contributed by atoms with Crippen molar-refractivity contribution >= 4 is 33.0 Å². The van der Waals surface area contributed by atoms with Crippen molar-refractivity contribution in [1.29, 1.82) is 0 Å². The molecule has 0 atom stereocenters. The Balaban J connectivity index is 2.47. The predicted octanol–water partition coefficient (Wildman–Crippen LogP) is 4.86. The molecule has 2 rings (SSSR count). The van der Waals surface area contributed by atoms with Crippen LogP contribution >= 0.6 is 23.2 Å². The number of benzene rings is 2. The maximum Gasteiger partial charge on any atom is 0.207 e. The number of rotatable bonds is 8. The van der Waals surface area contributed by atoms with Gasteiger partial charge in [-0.25, -0.2) is 8.42 Å². The summed E-state index contributed by atoms with van der Waals surface area (Å²) in [5.74, 6) is 1.03. The van der Waals surface area contributed by atoms with Crippen LogP contribution in [0.4, 0.5) is 0 Å². The molecule has 2 aromatic carbocycles. The third-order valence-electron chi connectivity index (χ3n) is 3.68. The van der Waals surface area contributed by atoms with Gasteiger partial charge in [-0.2, -0.15) is 0 Å². The number of hydrogen-bond donors (Lipinski definition) is 0. The van der Waals surface area contributed by atoms with Gasteiger partial charge in [0.2, 0.25) is 9.84 Å². The van der Waals surface area contributed by atoms with E-state index in [1.807, 2.05) is 24.3 Å². The van der Waals surface area contributed by atoms with E-state index in [0.29, 0.717) is 34.4 Å². The molecule has 0 aliphatic heterocycles. The number of aryl methyl sites for hydroxylation is 2. The van der Waals surface area contributed by atoms with Crippen LogP contribution in [0.15, 0.2) is 58.3 Å². The van der Waals surface area contributed by atoms with Crippen LogP contribution in [0.1, 0.15) is 24.0 Å². The highest BCUT2D eigenvalue weighted by Crippen LogP contribution is 2.28. The second-order valence-corrected chi connectivity index (χ2v) is 7.95. The third-order valence-corrected chi connectivity index (χ3v) is 6.17. The first-order chi connectivity index (χ1) is 11.1. The van der Waals surface area contributed by atoms with E-state index in [-0.39, 0.29) is 0 Å². The molecule has 0 bridgehead atoms. The molecule has 0 aromatic heterocycles. The van der Waals surface area contributed by atoms with Crippen LogP contribution in [-0.2, 0) is 22.7 Å². The van der Waals surface area contributed by atoms with Gasteiger partial charge in [-0.05, 0) is 48.9 Å². The average Bonchev–Trinajstić information content (AvgIpc) is 2.58. The largest absolute Gasteiger partial charge is 0.218 e. The highest BCUT2D eigenvalue weighted by atomic mass is 35.5. The lowest BCUT2D eigenvalue weighted by Gasteiger charge is -2.13. The predicted molar refractivity (Wildman–Crippen MR) is 96.4 cm³/mol. The van der Waals surface area contributed by atoms with Crippen LogP contribution in [0.25, 0.3) is 0 Å². The molecule has 0 aliphatic carbocycles. The number of sulfone groups is 1. The molecule has 2 nitrogen and oxygen atoms in total. The van der Waals surface area contributed by atoms with Gasteiger partial charge in [-0.3, -0.25) is 0 Å². The van der Waals surface area contributed by atoms with E-state index in [1.165, 1.54) is 0 Å². The second kappa shape index (κ2) is 8.72. The maximum atomic E-state index is 13.1. The molecule has 0 radical (unpaired) electrons. The van der Waals surface area contributed by atoms with Crippen molar-refractivity contribution in [1.82, 2.24) is 0 Å². The van der Waals surface area contributed by atoms with E-state index < -0.39 is 9.84 Å². The molecule has 2 aromatic rings. The first kappa shape index (κ1) is 18.3. The van der Waals surface area contributed by atoms with Crippen molar-refractivity contribution in [2.45, 2.75) is 35.5 Å². The first-order valence-electron chi connectivity index (χ1n) is 7.64. The van der Waals surface area contributed by atoms with Crippen LogP contribution < -0.4 is 0 Å². The molecule has 0 unspecified atom stereocenters. The molecule has 5 heteroatoms. The Bertz CT molecular complexity index is 685. The molecule has 0 saturated carbocycles. The number of alkyl halides is 2. The molecule has 0 fully saturated rings. The SMILES string of the molecule is O=S(=O)(c1ccccc1CCCCl)c1ccccc1CCCCl. The zero-order valence-corrected chi connectivity index (χ0v) is 15.2. The van der Waals surface area contributed by atoms with E-state index in [0.717, 1.165) is 24.0 Å². The summed E-state index contributed by atoms with van der Waals surface area (Å²) < 4.78 is 26.3. The summed E-state index contributed by atoms with van der Waals surface area (Å²) in [6, 6.07) is 14.3. The van der Waals surface area contributed by atoms with Gasteiger partial charge in [-0.1, -0.05) is 36.4 Å². The van der Waals surface area contributed by atoms with E-state index in [2.05, 4.69) is 0 Å². The Morgan fingerprint density at radius 3 is 1.48 bits per heavy atom. The third kappa shape index (κ3) is 4.50. The minimum atomic E-state index is -3.55. The van der Waals surface area contributed by atoms with Crippen molar-refractivity contribution < 1.29 is 8.42 Å². The smallest absolute Gasteiger partial charge is 0.207 e. The van der Waals surface area contributed by atoms with Crippen molar-refractivity contribution in [3.05, 3.63) is 59.7 Å². The molecule has 124 valence electrons. The lowest BCUT2D eigenvalue weighted by Crippen LogP contribution is -2.09. The highest BCUT2D eigenvalue weighted by Gasteiger charge is 2.23. The molecular formula is C18H20Cl2O2S. The Hall–Kier alpha value is -1.03. The van der Waals surface area contributed by atoms with Crippen LogP contribution in [0.5, 0.6) is 0 Å². The molecule has 0 spiro atoms. The van der Waals surface area contributed by atoms with Crippen molar-refractivity contribution in [2.24, 2.45) is 0 Å². The topological polar surface area (TPSA) is 34.1 Å². The van der Waals surface area contributed by atoms with Crippen molar-refractivity contribution in [2.75, 3.05) is 11.8 Å². The Morgan fingerprint density at radius 2 is 1.09 bits per heavy atom. The summed E-state index contributed by atoms with van der Waals surface area (Å²) in [5.41, 5.74) is 1.64. The Labute approximate surface area is 148 Å². The average molecular weight is 371 g/mol. The minimum absolute atomic E-state index is 0.378. The van der Waals surface area contributed by atoms with Gasteiger partial charge in [0.05, 0.1) is 9.79 Å².